The van der Waals surface area contributed by atoms with Crippen LogP contribution in [0.3, 0.4) is 0 Å². The standard InChI is InChI=1S/C8H15NO/c1-9-8-5-3-2-4-7(8)6-10/h6-9H,2-5H2,1H3/t7-,8-/m1/s1. The fourth-order valence-corrected chi connectivity index (χ4v) is 1.68. The normalized spacial score (nSPS) is 33.7. The Morgan fingerprint density at radius 3 is 2.60 bits per heavy atom. The summed E-state index contributed by atoms with van der Waals surface area (Å²) in [6, 6.07) is 0.450. The molecule has 1 saturated carbocycles. The summed E-state index contributed by atoms with van der Waals surface area (Å²) >= 11 is 0. The summed E-state index contributed by atoms with van der Waals surface area (Å²) in [5.74, 6) is 0.277. The molecule has 1 fully saturated rings. The van der Waals surface area contributed by atoms with E-state index in [2.05, 4.69) is 5.32 Å². The van der Waals surface area contributed by atoms with Crippen LogP contribution in [0.1, 0.15) is 25.7 Å². The van der Waals surface area contributed by atoms with Gasteiger partial charge in [0.1, 0.15) is 6.29 Å². The third-order valence-electron chi connectivity index (χ3n) is 2.36. The number of hydrogen-bond donors (Lipinski definition) is 1. The molecule has 1 rings (SSSR count). The van der Waals surface area contributed by atoms with Gasteiger partial charge in [-0.05, 0) is 19.9 Å². The maximum atomic E-state index is 10.5. The van der Waals surface area contributed by atoms with Crippen LogP contribution in [-0.4, -0.2) is 19.4 Å². The molecule has 1 aliphatic rings. The summed E-state index contributed by atoms with van der Waals surface area (Å²) < 4.78 is 0. The van der Waals surface area contributed by atoms with Gasteiger partial charge in [-0.2, -0.15) is 0 Å². The number of nitrogens with one attached hydrogen (secondary N) is 1. The van der Waals surface area contributed by atoms with Gasteiger partial charge in [-0.15, -0.1) is 0 Å². The molecule has 0 spiro atoms. The minimum absolute atomic E-state index is 0.277. The molecule has 0 radical (unpaired) electrons. The van der Waals surface area contributed by atoms with Crippen molar-refractivity contribution in [3.63, 3.8) is 0 Å². The zero-order chi connectivity index (χ0) is 7.40. The molecule has 0 amide bonds. The number of carbonyl (C=O) groups is 1. The van der Waals surface area contributed by atoms with Crippen LogP contribution in [-0.2, 0) is 4.79 Å². The minimum atomic E-state index is 0.277. The van der Waals surface area contributed by atoms with Crippen molar-refractivity contribution in [3.05, 3.63) is 0 Å². The van der Waals surface area contributed by atoms with Crippen LogP contribution < -0.4 is 5.32 Å². The van der Waals surface area contributed by atoms with E-state index in [0.29, 0.717) is 6.04 Å². The van der Waals surface area contributed by atoms with Gasteiger partial charge >= 0.3 is 0 Å². The zero-order valence-electron chi connectivity index (χ0n) is 6.47. The van der Waals surface area contributed by atoms with Crippen LogP contribution in [0.4, 0.5) is 0 Å². The molecular formula is C8H15NO. The molecular weight excluding hydrogens is 126 g/mol. The van der Waals surface area contributed by atoms with Gasteiger partial charge in [0.2, 0.25) is 0 Å². The number of rotatable bonds is 2. The van der Waals surface area contributed by atoms with Crippen molar-refractivity contribution in [3.8, 4) is 0 Å². The second kappa shape index (κ2) is 3.71. The maximum Gasteiger partial charge on any atom is 0.124 e. The highest BCUT2D eigenvalue weighted by Crippen LogP contribution is 2.21. The molecule has 0 aromatic carbocycles. The van der Waals surface area contributed by atoms with Crippen molar-refractivity contribution in [1.82, 2.24) is 5.32 Å². The van der Waals surface area contributed by atoms with E-state index in [1.165, 1.54) is 19.3 Å². The van der Waals surface area contributed by atoms with Gasteiger partial charge in [-0.1, -0.05) is 12.8 Å². The summed E-state index contributed by atoms with van der Waals surface area (Å²) in [6.07, 6.45) is 5.84. The fourth-order valence-electron chi connectivity index (χ4n) is 1.68. The second-order valence-electron chi connectivity index (χ2n) is 2.98. The summed E-state index contributed by atoms with van der Waals surface area (Å²) in [7, 11) is 1.94. The number of aldehydes is 1. The highest BCUT2D eigenvalue weighted by atomic mass is 16.1. The van der Waals surface area contributed by atoms with Gasteiger partial charge in [-0.25, -0.2) is 0 Å². The first kappa shape index (κ1) is 7.73. The van der Waals surface area contributed by atoms with E-state index in [1.54, 1.807) is 0 Å². The predicted molar refractivity (Wildman–Crippen MR) is 40.9 cm³/mol. The lowest BCUT2D eigenvalue weighted by Crippen LogP contribution is -2.36. The average Bonchev–Trinajstić information content (AvgIpc) is 2.04. The lowest BCUT2D eigenvalue weighted by molar-refractivity contribution is -0.112. The van der Waals surface area contributed by atoms with E-state index in [9.17, 15) is 4.79 Å². The van der Waals surface area contributed by atoms with Crippen LogP contribution >= 0.6 is 0 Å². The van der Waals surface area contributed by atoms with Gasteiger partial charge in [-0.3, -0.25) is 0 Å². The maximum absolute atomic E-state index is 10.5. The van der Waals surface area contributed by atoms with E-state index in [1.807, 2.05) is 7.05 Å². The molecule has 10 heavy (non-hydrogen) atoms. The zero-order valence-corrected chi connectivity index (χ0v) is 6.47. The van der Waals surface area contributed by atoms with Gasteiger partial charge < -0.3 is 10.1 Å². The lowest BCUT2D eigenvalue weighted by atomic mass is 9.86. The highest BCUT2D eigenvalue weighted by Gasteiger charge is 2.22. The monoisotopic (exact) mass is 141 g/mol. The summed E-state index contributed by atoms with van der Waals surface area (Å²) in [5, 5.41) is 3.17. The first-order valence-electron chi connectivity index (χ1n) is 4.01. The Labute approximate surface area is 62.0 Å². The van der Waals surface area contributed by atoms with E-state index in [4.69, 9.17) is 0 Å². The first-order valence-corrected chi connectivity index (χ1v) is 4.01. The van der Waals surface area contributed by atoms with Crippen molar-refractivity contribution in [2.75, 3.05) is 7.05 Å². The minimum Gasteiger partial charge on any atom is -0.316 e. The molecule has 1 N–H and O–H groups in total. The van der Waals surface area contributed by atoms with Crippen LogP contribution in [0.2, 0.25) is 0 Å². The molecule has 0 unspecified atom stereocenters. The lowest BCUT2D eigenvalue weighted by Gasteiger charge is -2.26. The molecule has 58 valence electrons. The molecule has 0 aromatic rings. The molecule has 2 heteroatoms. The van der Waals surface area contributed by atoms with Crippen LogP contribution in [0, 0.1) is 5.92 Å². The second-order valence-corrected chi connectivity index (χ2v) is 2.98. The Bertz CT molecular complexity index is 114. The van der Waals surface area contributed by atoms with Gasteiger partial charge in [0.05, 0.1) is 0 Å². The molecule has 0 aliphatic heterocycles. The first-order chi connectivity index (χ1) is 4.88. The SMILES string of the molecule is CN[C@@H]1CCCC[C@@H]1C=O. The molecule has 2 nitrogen and oxygen atoms in total. The van der Waals surface area contributed by atoms with Crippen molar-refractivity contribution in [2.45, 2.75) is 31.7 Å². The topological polar surface area (TPSA) is 29.1 Å². The Hall–Kier alpha value is -0.370. The third kappa shape index (κ3) is 1.57. The van der Waals surface area contributed by atoms with E-state index < -0.39 is 0 Å². The molecule has 2 atom stereocenters. The van der Waals surface area contributed by atoms with Crippen LogP contribution in [0.25, 0.3) is 0 Å². The summed E-state index contributed by atoms with van der Waals surface area (Å²) in [4.78, 5) is 10.5. The molecule has 0 heterocycles. The number of hydrogen-bond acceptors (Lipinski definition) is 2. The Balaban J connectivity index is 2.41. The smallest absolute Gasteiger partial charge is 0.124 e. The summed E-state index contributed by atoms with van der Waals surface area (Å²) in [6.45, 7) is 0. The van der Waals surface area contributed by atoms with Crippen molar-refractivity contribution < 1.29 is 4.79 Å². The molecule has 0 bridgehead atoms. The van der Waals surface area contributed by atoms with Crippen LogP contribution in [0.15, 0.2) is 0 Å². The highest BCUT2D eigenvalue weighted by molar-refractivity contribution is 5.54. The van der Waals surface area contributed by atoms with Gasteiger partial charge in [0.15, 0.2) is 0 Å². The molecule has 0 saturated heterocycles. The number of carbonyl (C=O) groups excluding carboxylic acids is 1. The van der Waals surface area contributed by atoms with Crippen LogP contribution in [0.5, 0.6) is 0 Å². The summed E-state index contributed by atoms with van der Waals surface area (Å²) in [5.41, 5.74) is 0. The van der Waals surface area contributed by atoms with E-state index in [-0.39, 0.29) is 5.92 Å². The predicted octanol–water partition coefficient (Wildman–Crippen LogP) is 0.963. The van der Waals surface area contributed by atoms with Gasteiger partial charge in [0, 0.05) is 12.0 Å². The molecule has 0 aromatic heterocycles. The Morgan fingerprint density at radius 2 is 2.10 bits per heavy atom. The quantitative estimate of drug-likeness (QED) is 0.580. The Kier molecular flexibility index (Phi) is 2.87. The largest absolute Gasteiger partial charge is 0.316 e. The van der Waals surface area contributed by atoms with Gasteiger partial charge in [0.25, 0.3) is 0 Å². The molecule has 1 aliphatic carbocycles. The van der Waals surface area contributed by atoms with E-state index >= 15 is 0 Å². The third-order valence-corrected chi connectivity index (χ3v) is 2.36. The fraction of sp³-hybridized carbons (Fsp3) is 0.875. The van der Waals surface area contributed by atoms with Crippen molar-refractivity contribution >= 4 is 6.29 Å². The van der Waals surface area contributed by atoms with E-state index in [0.717, 1.165) is 12.7 Å². The van der Waals surface area contributed by atoms with Crippen molar-refractivity contribution in [1.29, 1.82) is 0 Å². The Morgan fingerprint density at radius 1 is 1.40 bits per heavy atom. The van der Waals surface area contributed by atoms with Crippen molar-refractivity contribution in [2.24, 2.45) is 5.92 Å². The average molecular weight is 141 g/mol.